The van der Waals surface area contributed by atoms with Crippen LogP contribution >= 0.6 is 0 Å². The standard InChI is InChI=1S/C9H7F4NO2/c10-5-1-2-6(7(14)3-5)8(15)16-4-9(11,12)13/h1-3H,4,14H2. The first-order valence-electron chi connectivity index (χ1n) is 4.08. The summed E-state index contributed by atoms with van der Waals surface area (Å²) in [5, 5.41) is 0. The van der Waals surface area contributed by atoms with E-state index in [-0.39, 0.29) is 11.3 Å². The van der Waals surface area contributed by atoms with Crippen molar-refractivity contribution in [2.75, 3.05) is 12.3 Å². The number of hydrogen-bond donors (Lipinski definition) is 1. The smallest absolute Gasteiger partial charge is 0.422 e. The molecule has 0 atom stereocenters. The molecular formula is C9H7F4NO2. The minimum absolute atomic E-state index is 0.271. The van der Waals surface area contributed by atoms with Gasteiger partial charge >= 0.3 is 12.1 Å². The molecular weight excluding hydrogens is 230 g/mol. The maximum Gasteiger partial charge on any atom is 0.422 e. The number of esters is 1. The first kappa shape index (κ1) is 12.3. The number of benzene rings is 1. The Morgan fingerprint density at radius 2 is 2.00 bits per heavy atom. The van der Waals surface area contributed by atoms with Crippen molar-refractivity contribution < 1.29 is 27.1 Å². The van der Waals surface area contributed by atoms with Gasteiger partial charge in [0.15, 0.2) is 6.61 Å². The molecule has 16 heavy (non-hydrogen) atoms. The maximum absolute atomic E-state index is 12.6. The summed E-state index contributed by atoms with van der Waals surface area (Å²) in [6.45, 7) is -1.71. The summed E-state index contributed by atoms with van der Waals surface area (Å²) < 4.78 is 51.7. The Kier molecular flexibility index (Phi) is 3.36. The highest BCUT2D eigenvalue weighted by Gasteiger charge is 2.30. The summed E-state index contributed by atoms with van der Waals surface area (Å²) in [5.41, 5.74) is 4.67. The third kappa shape index (κ3) is 3.41. The van der Waals surface area contributed by atoms with Crippen LogP contribution in [-0.4, -0.2) is 18.8 Å². The van der Waals surface area contributed by atoms with E-state index in [1.54, 1.807) is 0 Å². The molecule has 0 aliphatic heterocycles. The van der Waals surface area contributed by atoms with Crippen LogP contribution in [0.15, 0.2) is 18.2 Å². The molecule has 0 radical (unpaired) electrons. The van der Waals surface area contributed by atoms with Gasteiger partial charge in [0.2, 0.25) is 0 Å². The van der Waals surface area contributed by atoms with E-state index in [4.69, 9.17) is 5.73 Å². The molecule has 0 bridgehead atoms. The molecule has 0 saturated heterocycles. The molecule has 0 spiro atoms. The largest absolute Gasteiger partial charge is 0.452 e. The first-order valence-corrected chi connectivity index (χ1v) is 4.08. The number of carbonyl (C=O) groups is 1. The van der Waals surface area contributed by atoms with E-state index < -0.39 is 24.6 Å². The van der Waals surface area contributed by atoms with E-state index in [0.29, 0.717) is 0 Å². The second-order valence-corrected chi connectivity index (χ2v) is 2.92. The van der Waals surface area contributed by atoms with Crippen LogP contribution in [0.5, 0.6) is 0 Å². The predicted octanol–water partition coefficient (Wildman–Crippen LogP) is 2.13. The molecule has 0 aliphatic carbocycles. The molecule has 0 unspecified atom stereocenters. The molecule has 1 rings (SSSR count). The van der Waals surface area contributed by atoms with Gasteiger partial charge in [0.25, 0.3) is 0 Å². The van der Waals surface area contributed by atoms with Crippen LogP contribution in [0.3, 0.4) is 0 Å². The lowest BCUT2D eigenvalue weighted by Gasteiger charge is -2.09. The Morgan fingerprint density at radius 1 is 1.38 bits per heavy atom. The highest BCUT2D eigenvalue weighted by Crippen LogP contribution is 2.18. The molecule has 0 aliphatic rings. The number of halogens is 4. The van der Waals surface area contributed by atoms with Gasteiger partial charge in [-0.2, -0.15) is 13.2 Å². The molecule has 1 aromatic rings. The molecule has 3 nitrogen and oxygen atoms in total. The highest BCUT2D eigenvalue weighted by molar-refractivity contribution is 5.95. The number of carbonyl (C=O) groups excluding carboxylic acids is 1. The third-order valence-corrected chi connectivity index (χ3v) is 1.60. The van der Waals surface area contributed by atoms with Crippen molar-refractivity contribution in [2.24, 2.45) is 0 Å². The Labute approximate surface area is 87.8 Å². The van der Waals surface area contributed by atoms with Crippen LogP contribution in [0.25, 0.3) is 0 Å². The zero-order valence-electron chi connectivity index (χ0n) is 7.84. The lowest BCUT2D eigenvalue weighted by Crippen LogP contribution is -2.20. The van der Waals surface area contributed by atoms with Crippen molar-refractivity contribution in [3.63, 3.8) is 0 Å². The lowest BCUT2D eigenvalue weighted by molar-refractivity contribution is -0.161. The Balaban J connectivity index is 2.74. The van der Waals surface area contributed by atoms with E-state index in [0.717, 1.165) is 18.2 Å². The van der Waals surface area contributed by atoms with Gasteiger partial charge in [0.1, 0.15) is 5.82 Å². The monoisotopic (exact) mass is 237 g/mol. The molecule has 0 heterocycles. The van der Waals surface area contributed by atoms with E-state index in [2.05, 4.69) is 4.74 Å². The molecule has 0 saturated carbocycles. The van der Waals surface area contributed by atoms with Gasteiger partial charge in [-0.3, -0.25) is 0 Å². The van der Waals surface area contributed by atoms with Crippen molar-refractivity contribution >= 4 is 11.7 Å². The molecule has 0 aromatic heterocycles. The first-order chi connectivity index (χ1) is 7.29. The fourth-order valence-corrected chi connectivity index (χ4v) is 0.945. The van der Waals surface area contributed by atoms with Crippen molar-refractivity contribution in [3.05, 3.63) is 29.6 Å². The van der Waals surface area contributed by atoms with Crippen molar-refractivity contribution in [1.82, 2.24) is 0 Å². The number of alkyl halides is 3. The topological polar surface area (TPSA) is 52.3 Å². The fourth-order valence-electron chi connectivity index (χ4n) is 0.945. The van der Waals surface area contributed by atoms with Crippen LogP contribution in [0, 0.1) is 5.82 Å². The van der Waals surface area contributed by atoms with Gasteiger partial charge in [0, 0.05) is 5.69 Å². The van der Waals surface area contributed by atoms with Crippen molar-refractivity contribution in [2.45, 2.75) is 6.18 Å². The predicted molar refractivity (Wildman–Crippen MR) is 47.1 cm³/mol. The quantitative estimate of drug-likeness (QED) is 0.487. The Bertz CT molecular complexity index is 403. The van der Waals surface area contributed by atoms with Crippen LogP contribution in [-0.2, 0) is 4.74 Å². The number of nitrogen functional groups attached to an aromatic ring is 1. The minimum Gasteiger partial charge on any atom is -0.452 e. The lowest BCUT2D eigenvalue weighted by atomic mass is 10.2. The summed E-state index contributed by atoms with van der Waals surface area (Å²) in [7, 11) is 0. The van der Waals surface area contributed by atoms with Crippen LogP contribution in [0.1, 0.15) is 10.4 Å². The summed E-state index contributed by atoms with van der Waals surface area (Å²) in [4.78, 5) is 11.1. The number of hydrogen-bond acceptors (Lipinski definition) is 3. The average molecular weight is 237 g/mol. The van der Waals surface area contributed by atoms with Gasteiger partial charge in [-0.1, -0.05) is 0 Å². The average Bonchev–Trinajstić information content (AvgIpc) is 2.13. The molecule has 2 N–H and O–H groups in total. The van der Waals surface area contributed by atoms with Crippen LogP contribution in [0.2, 0.25) is 0 Å². The summed E-state index contributed by atoms with van der Waals surface area (Å²) >= 11 is 0. The fraction of sp³-hybridized carbons (Fsp3) is 0.222. The van der Waals surface area contributed by atoms with E-state index >= 15 is 0 Å². The Morgan fingerprint density at radius 3 is 2.50 bits per heavy atom. The second-order valence-electron chi connectivity index (χ2n) is 2.92. The Hall–Kier alpha value is -1.79. The minimum atomic E-state index is -4.61. The van der Waals surface area contributed by atoms with Crippen LogP contribution in [0.4, 0.5) is 23.2 Å². The van der Waals surface area contributed by atoms with E-state index in [1.807, 2.05) is 0 Å². The number of ether oxygens (including phenoxy) is 1. The van der Waals surface area contributed by atoms with Gasteiger partial charge in [-0.15, -0.1) is 0 Å². The number of rotatable bonds is 2. The molecule has 7 heteroatoms. The second kappa shape index (κ2) is 4.38. The van der Waals surface area contributed by atoms with E-state index in [1.165, 1.54) is 0 Å². The van der Waals surface area contributed by atoms with Crippen LogP contribution < -0.4 is 5.73 Å². The summed E-state index contributed by atoms with van der Waals surface area (Å²) in [5.74, 6) is -1.93. The molecule has 0 fully saturated rings. The van der Waals surface area contributed by atoms with Gasteiger partial charge in [-0.05, 0) is 18.2 Å². The van der Waals surface area contributed by atoms with Gasteiger partial charge in [-0.25, -0.2) is 9.18 Å². The normalized spacial score (nSPS) is 11.2. The van der Waals surface area contributed by atoms with Gasteiger partial charge < -0.3 is 10.5 Å². The molecule has 88 valence electrons. The summed E-state index contributed by atoms with van der Waals surface area (Å²) in [6, 6.07) is 2.69. The number of anilines is 1. The highest BCUT2D eigenvalue weighted by atomic mass is 19.4. The zero-order chi connectivity index (χ0) is 12.3. The molecule has 1 aromatic carbocycles. The van der Waals surface area contributed by atoms with Crippen molar-refractivity contribution in [1.29, 1.82) is 0 Å². The van der Waals surface area contributed by atoms with Gasteiger partial charge in [0.05, 0.1) is 5.56 Å². The zero-order valence-corrected chi connectivity index (χ0v) is 7.84. The summed E-state index contributed by atoms with van der Waals surface area (Å²) in [6.07, 6.45) is -4.61. The maximum atomic E-state index is 12.6. The van der Waals surface area contributed by atoms with Crippen molar-refractivity contribution in [3.8, 4) is 0 Å². The van der Waals surface area contributed by atoms with E-state index in [9.17, 15) is 22.4 Å². The SMILES string of the molecule is Nc1cc(F)ccc1C(=O)OCC(F)(F)F. The number of nitrogens with two attached hydrogens (primary N) is 1. The molecule has 0 amide bonds. The third-order valence-electron chi connectivity index (χ3n) is 1.60.